The quantitative estimate of drug-likeness (QED) is 0.251. The minimum Gasteiger partial charge on any atom is -0.476 e. The zero-order valence-corrected chi connectivity index (χ0v) is 22.0. The number of benzene rings is 2. The molecule has 0 saturated heterocycles. The summed E-state index contributed by atoms with van der Waals surface area (Å²) in [6.07, 6.45) is 0. The van der Waals surface area contributed by atoms with E-state index >= 15 is 0 Å². The van der Waals surface area contributed by atoms with Crippen LogP contribution in [-0.4, -0.2) is 41.4 Å². The molecule has 0 radical (unpaired) electrons. The van der Waals surface area contributed by atoms with Crippen molar-refractivity contribution < 1.29 is 17.9 Å². The van der Waals surface area contributed by atoms with Gasteiger partial charge in [0.25, 0.3) is 0 Å². The molecule has 4 aromatic rings. The standard InChI is InChI=1S/C26H29N7O4S/c1-4-37-23-22-21(32-25(33-23)29-15-16-5-11-19(12-6-16)38(28,35)36)14-13-20(31-22)17-7-9-18(10-8-17)30-24(34)26(2,3)27/h5-14H,4,15,27H2,1-3H3,(H,30,34)(H2,28,35,36)(H,29,32,33). The lowest BCUT2D eigenvalue weighted by Gasteiger charge is -2.17. The van der Waals surface area contributed by atoms with E-state index in [1.165, 1.54) is 12.1 Å². The van der Waals surface area contributed by atoms with E-state index in [2.05, 4.69) is 20.6 Å². The molecule has 0 aliphatic rings. The van der Waals surface area contributed by atoms with Crippen LogP contribution >= 0.6 is 0 Å². The number of fused-ring (bicyclic) bond motifs is 1. The molecule has 11 nitrogen and oxygen atoms in total. The van der Waals surface area contributed by atoms with E-state index in [0.717, 1.165) is 11.1 Å². The maximum absolute atomic E-state index is 12.1. The Kier molecular flexibility index (Phi) is 7.58. The number of primary sulfonamides is 1. The average molecular weight is 536 g/mol. The summed E-state index contributed by atoms with van der Waals surface area (Å²) in [5.74, 6) is 0.395. The van der Waals surface area contributed by atoms with E-state index in [9.17, 15) is 13.2 Å². The number of aromatic nitrogens is 3. The Morgan fingerprint density at radius 2 is 1.66 bits per heavy atom. The lowest BCUT2D eigenvalue weighted by atomic mass is 10.1. The van der Waals surface area contributed by atoms with Crippen LogP contribution in [0.2, 0.25) is 0 Å². The van der Waals surface area contributed by atoms with E-state index in [1.54, 1.807) is 38.1 Å². The third-order valence-corrected chi connectivity index (χ3v) is 6.45. The van der Waals surface area contributed by atoms with Crippen molar-refractivity contribution in [3.63, 3.8) is 0 Å². The van der Waals surface area contributed by atoms with Crippen molar-refractivity contribution in [2.24, 2.45) is 10.9 Å². The number of anilines is 2. The molecule has 0 fully saturated rings. The van der Waals surface area contributed by atoms with E-state index in [-0.39, 0.29) is 10.8 Å². The van der Waals surface area contributed by atoms with Crippen LogP contribution in [0.25, 0.3) is 22.3 Å². The van der Waals surface area contributed by atoms with Crippen molar-refractivity contribution in [1.82, 2.24) is 15.0 Å². The number of nitrogens with one attached hydrogen (secondary N) is 2. The number of ether oxygens (including phenoxy) is 1. The number of hydrogen-bond donors (Lipinski definition) is 4. The maximum Gasteiger partial charge on any atom is 0.245 e. The first-order chi connectivity index (χ1) is 17.9. The Balaban J connectivity index is 1.55. The highest BCUT2D eigenvalue weighted by Gasteiger charge is 2.21. The molecule has 2 aromatic heterocycles. The molecule has 0 unspecified atom stereocenters. The van der Waals surface area contributed by atoms with Crippen molar-refractivity contribution in [1.29, 1.82) is 0 Å². The minimum atomic E-state index is -3.75. The number of amides is 1. The molecule has 12 heteroatoms. The van der Waals surface area contributed by atoms with Crippen LogP contribution in [0.5, 0.6) is 5.88 Å². The molecule has 198 valence electrons. The van der Waals surface area contributed by atoms with Crippen LogP contribution in [0.1, 0.15) is 26.3 Å². The fourth-order valence-corrected chi connectivity index (χ4v) is 3.97. The van der Waals surface area contributed by atoms with Crippen molar-refractivity contribution in [2.75, 3.05) is 17.2 Å². The zero-order valence-electron chi connectivity index (χ0n) is 21.2. The van der Waals surface area contributed by atoms with Gasteiger partial charge in [-0.2, -0.15) is 4.98 Å². The summed E-state index contributed by atoms with van der Waals surface area (Å²) in [4.78, 5) is 25.9. The Bertz CT molecular complexity index is 1570. The van der Waals surface area contributed by atoms with E-state index < -0.39 is 15.6 Å². The van der Waals surface area contributed by atoms with Gasteiger partial charge in [0, 0.05) is 17.8 Å². The second kappa shape index (κ2) is 10.7. The summed E-state index contributed by atoms with van der Waals surface area (Å²) in [6.45, 7) is 5.88. The topological polar surface area (TPSA) is 175 Å². The van der Waals surface area contributed by atoms with Crippen LogP contribution in [0.15, 0.2) is 65.6 Å². The molecule has 2 aromatic carbocycles. The summed E-state index contributed by atoms with van der Waals surface area (Å²) < 4.78 is 28.7. The van der Waals surface area contributed by atoms with Crippen molar-refractivity contribution in [2.45, 2.75) is 37.8 Å². The third-order valence-electron chi connectivity index (χ3n) is 5.52. The van der Waals surface area contributed by atoms with Gasteiger partial charge in [-0.15, -0.1) is 0 Å². The SMILES string of the molecule is CCOc1nc(NCc2ccc(S(N)(=O)=O)cc2)nc2ccc(-c3ccc(NC(=O)C(C)(C)N)cc3)nc12. The monoisotopic (exact) mass is 535 g/mol. The van der Waals surface area contributed by atoms with Gasteiger partial charge in [0.1, 0.15) is 0 Å². The van der Waals surface area contributed by atoms with Gasteiger partial charge in [-0.05, 0) is 62.7 Å². The Morgan fingerprint density at radius 1 is 0.974 bits per heavy atom. The van der Waals surface area contributed by atoms with Gasteiger partial charge >= 0.3 is 0 Å². The summed E-state index contributed by atoms with van der Waals surface area (Å²) >= 11 is 0. The fourth-order valence-electron chi connectivity index (χ4n) is 3.46. The molecule has 38 heavy (non-hydrogen) atoms. The highest BCUT2D eigenvalue weighted by atomic mass is 32.2. The largest absolute Gasteiger partial charge is 0.476 e. The Morgan fingerprint density at radius 3 is 2.26 bits per heavy atom. The van der Waals surface area contributed by atoms with Gasteiger partial charge in [0.05, 0.1) is 28.3 Å². The maximum atomic E-state index is 12.1. The number of nitrogens with zero attached hydrogens (tertiary/aromatic N) is 3. The molecule has 0 bridgehead atoms. The third kappa shape index (κ3) is 6.40. The van der Waals surface area contributed by atoms with Crippen molar-refractivity contribution in [3.8, 4) is 17.1 Å². The smallest absolute Gasteiger partial charge is 0.245 e. The molecule has 0 saturated carbocycles. The van der Waals surface area contributed by atoms with Gasteiger partial charge < -0.3 is 21.1 Å². The summed E-state index contributed by atoms with van der Waals surface area (Å²) in [5, 5.41) is 11.1. The predicted molar refractivity (Wildman–Crippen MR) is 146 cm³/mol. The number of hydrogen-bond acceptors (Lipinski definition) is 9. The van der Waals surface area contributed by atoms with E-state index in [1.807, 2.05) is 31.2 Å². The second-order valence-electron chi connectivity index (χ2n) is 9.15. The highest BCUT2D eigenvalue weighted by Crippen LogP contribution is 2.27. The van der Waals surface area contributed by atoms with E-state index in [4.69, 9.17) is 20.6 Å². The number of pyridine rings is 1. The molecular weight excluding hydrogens is 506 g/mol. The molecule has 6 N–H and O–H groups in total. The van der Waals surface area contributed by atoms with Crippen LogP contribution in [0, 0.1) is 0 Å². The number of carbonyl (C=O) groups excluding carboxylic acids is 1. The minimum absolute atomic E-state index is 0.0441. The molecule has 2 heterocycles. The first-order valence-electron chi connectivity index (χ1n) is 11.8. The normalized spacial score (nSPS) is 11.8. The van der Waals surface area contributed by atoms with Gasteiger partial charge in [0.15, 0.2) is 5.52 Å². The summed E-state index contributed by atoms with van der Waals surface area (Å²) in [5.41, 5.74) is 8.94. The number of sulfonamides is 1. The Labute approximate surface area is 220 Å². The molecule has 0 spiro atoms. The highest BCUT2D eigenvalue weighted by molar-refractivity contribution is 7.89. The number of nitrogens with two attached hydrogens (primary N) is 2. The number of rotatable bonds is 9. The van der Waals surface area contributed by atoms with Gasteiger partial charge in [-0.25, -0.2) is 23.5 Å². The van der Waals surface area contributed by atoms with Gasteiger partial charge in [-0.1, -0.05) is 24.3 Å². The van der Waals surface area contributed by atoms with Gasteiger partial charge in [0.2, 0.25) is 27.8 Å². The molecule has 1 amide bonds. The summed E-state index contributed by atoms with van der Waals surface area (Å²) in [7, 11) is -3.75. The van der Waals surface area contributed by atoms with Crippen LogP contribution < -0.4 is 26.2 Å². The predicted octanol–water partition coefficient (Wildman–Crippen LogP) is 3.03. The first-order valence-corrected chi connectivity index (χ1v) is 13.4. The summed E-state index contributed by atoms with van der Waals surface area (Å²) in [6, 6.07) is 17.2. The van der Waals surface area contributed by atoms with Crippen molar-refractivity contribution in [3.05, 3.63) is 66.2 Å². The molecular formula is C26H29N7O4S. The fraction of sp³-hybridized carbons (Fsp3) is 0.231. The van der Waals surface area contributed by atoms with Crippen LogP contribution in [0.4, 0.5) is 11.6 Å². The van der Waals surface area contributed by atoms with Crippen LogP contribution in [0.3, 0.4) is 0 Å². The lowest BCUT2D eigenvalue weighted by Crippen LogP contribution is -2.45. The lowest BCUT2D eigenvalue weighted by molar-refractivity contribution is -0.120. The van der Waals surface area contributed by atoms with Gasteiger partial charge in [-0.3, -0.25) is 4.79 Å². The molecule has 0 aliphatic heterocycles. The molecule has 0 atom stereocenters. The first kappa shape index (κ1) is 26.9. The molecule has 0 aliphatic carbocycles. The van der Waals surface area contributed by atoms with Crippen LogP contribution in [-0.2, 0) is 21.4 Å². The Hall–Kier alpha value is -4.13. The average Bonchev–Trinajstić information content (AvgIpc) is 2.87. The molecule has 4 rings (SSSR count). The second-order valence-corrected chi connectivity index (χ2v) is 10.7. The number of carbonyl (C=O) groups is 1. The van der Waals surface area contributed by atoms with Crippen molar-refractivity contribution >= 4 is 38.6 Å². The van der Waals surface area contributed by atoms with E-state index in [0.29, 0.717) is 47.4 Å². The zero-order chi connectivity index (χ0) is 27.5.